The fraction of sp³-hybridized carbons (Fsp3) is 0.143. The lowest BCUT2D eigenvalue weighted by Gasteiger charge is -2.03. The smallest absolute Gasteiger partial charge is 0.341 e. The first-order chi connectivity index (χ1) is 13.2. The monoisotopic (exact) mass is 363 g/mol. The zero-order valence-electron chi connectivity index (χ0n) is 14.9. The predicted octanol–water partition coefficient (Wildman–Crippen LogP) is 4.35. The molecule has 0 aliphatic rings. The molecule has 3 heterocycles. The largest absolute Gasteiger partial charge is 0.497 e. The van der Waals surface area contributed by atoms with Crippen LogP contribution in [0.5, 0.6) is 5.75 Å². The van der Waals surface area contributed by atoms with Crippen LogP contribution in [0.2, 0.25) is 0 Å². The Morgan fingerprint density at radius 1 is 1.22 bits per heavy atom. The molecule has 0 bridgehead atoms. The highest BCUT2D eigenvalue weighted by molar-refractivity contribution is 6.09. The minimum atomic E-state index is -0.498. The number of furan rings is 1. The number of nitrogens with zero attached hydrogens (tertiary/aromatic N) is 1. The van der Waals surface area contributed by atoms with Gasteiger partial charge in [-0.15, -0.1) is 0 Å². The third kappa shape index (κ3) is 2.66. The lowest BCUT2D eigenvalue weighted by Crippen LogP contribution is -2.05. The number of esters is 1. The Kier molecular flexibility index (Phi) is 4.16. The first kappa shape index (κ1) is 16.9. The van der Waals surface area contributed by atoms with Gasteiger partial charge in [0.1, 0.15) is 17.1 Å². The molecule has 0 radical (unpaired) electrons. The number of ether oxygens (including phenoxy) is 2. The maximum Gasteiger partial charge on any atom is 0.341 e. The normalized spacial score (nSPS) is 11.0. The third-order valence-corrected chi connectivity index (χ3v) is 4.44. The number of carbonyl (C=O) groups excluding carboxylic acids is 2. The molecule has 4 rings (SSSR count). The average molecular weight is 363 g/mol. The van der Waals surface area contributed by atoms with Gasteiger partial charge in [0, 0.05) is 11.6 Å². The van der Waals surface area contributed by atoms with E-state index in [1.807, 2.05) is 6.07 Å². The molecule has 0 aliphatic carbocycles. The van der Waals surface area contributed by atoms with Crippen LogP contribution in [0.4, 0.5) is 0 Å². The topological polar surface area (TPSA) is 70.2 Å². The maximum absolute atomic E-state index is 12.7. The van der Waals surface area contributed by atoms with Gasteiger partial charge in [-0.3, -0.25) is 4.79 Å². The van der Waals surface area contributed by atoms with Gasteiger partial charge in [-0.05, 0) is 43.3 Å². The Balaban J connectivity index is 2.04. The molecule has 0 unspecified atom stereocenters. The van der Waals surface area contributed by atoms with E-state index in [0.717, 1.165) is 11.7 Å². The maximum atomic E-state index is 12.7. The number of hydrogen-bond donors (Lipinski definition) is 0. The molecule has 0 N–H and O–H groups in total. The van der Waals surface area contributed by atoms with Crippen molar-refractivity contribution in [2.75, 3.05) is 13.7 Å². The van der Waals surface area contributed by atoms with Crippen molar-refractivity contribution in [2.45, 2.75) is 6.92 Å². The second kappa shape index (κ2) is 6.64. The van der Waals surface area contributed by atoms with Gasteiger partial charge in [0.15, 0.2) is 6.29 Å². The van der Waals surface area contributed by atoms with E-state index in [9.17, 15) is 9.59 Å². The summed E-state index contributed by atoms with van der Waals surface area (Å²) >= 11 is 0. The summed E-state index contributed by atoms with van der Waals surface area (Å²) in [6.07, 6.45) is 2.45. The zero-order chi connectivity index (χ0) is 19.0. The fourth-order valence-corrected chi connectivity index (χ4v) is 3.28. The van der Waals surface area contributed by atoms with Crippen molar-refractivity contribution in [2.24, 2.45) is 0 Å². The second-order valence-electron chi connectivity index (χ2n) is 5.94. The minimum absolute atomic E-state index is 0.232. The van der Waals surface area contributed by atoms with Crippen LogP contribution in [0, 0.1) is 0 Å². The summed E-state index contributed by atoms with van der Waals surface area (Å²) in [5.41, 5.74) is 2.29. The summed E-state index contributed by atoms with van der Waals surface area (Å²) in [6.45, 7) is 1.97. The van der Waals surface area contributed by atoms with Gasteiger partial charge in [0.05, 0.1) is 36.1 Å². The Morgan fingerprint density at radius 2 is 2.07 bits per heavy atom. The molecular formula is C21H17NO5. The SMILES string of the molecule is CCOC(=O)c1c(-c2cc3cc(OC)ccc3o2)c(C=O)n2ccccc12. The van der Waals surface area contributed by atoms with Gasteiger partial charge in [-0.1, -0.05) is 6.07 Å². The standard InChI is InChI=1S/C21H17NO5/c1-3-26-21(24)20-15-6-4-5-9-22(15)16(12-23)19(20)18-11-13-10-14(25-2)7-8-17(13)27-18/h4-12H,3H2,1-2H3. The first-order valence-electron chi connectivity index (χ1n) is 8.51. The van der Waals surface area contributed by atoms with E-state index < -0.39 is 5.97 Å². The van der Waals surface area contributed by atoms with Gasteiger partial charge in [-0.25, -0.2) is 4.79 Å². The third-order valence-electron chi connectivity index (χ3n) is 4.44. The number of fused-ring (bicyclic) bond motifs is 2. The number of hydrogen-bond acceptors (Lipinski definition) is 5. The van der Waals surface area contributed by atoms with Gasteiger partial charge in [0.25, 0.3) is 0 Å². The highest BCUT2D eigenvalue weighted by Gasteiger charge is 2.27. The molecule has 136 valence electrons. The lowest BCUT2D eigenvalue weighted by molar-refractivity contribution is 0.0529. The summed E-state index contributed by atoms with van der Waals surface area (Å²) < 4.78 is 18.1. The Hall–Kier alpha value is -3.54. The van der Waals surface area contributed by atoms with Crippen molar-refractivity contribution >= 4 is 28.7 Å². The number of methoxy groups -OCH3 is 1. The van der Waals surface area contributed by atoms with Crippen molar-refractivity contribution in [3.8, 4) is 17.1 Å². The molecule has 1 aromatic carbocycles. The summed E-state index contributed by atoms with van der Waals surface area (Å²) in [4.78, 5) is 24.6. The predicted molar refractivity (Wildman–Crippen MR) is 101 cm³/mol. The van der Waals surface area contributed by atoms with Crippen LogP contribution in [0.3, 0.4) is 0 Å². The quantitative estimate of drug-likeness (QED) is 0.389. The van der Waals surface area contributed by atoms with Gasteiger partial charge in [0.2, 0.25) is 0 Å². The van der Waals surface area contributed by atoms with Crippen LogP contribution in [0.25, 0.3) is 27.8 Å². The number of rotatable bonds is 5. The van der Waals surface area contributed by atoms with Crippen LogP contribution >= 0.6 is 0 Å². The summed E-state index contributed by atoms with van der Waals surface area (Å²) in [7, 11) is 1.59. The van der Waals surface area contributed by atoms with E-state index in [1.165, 1.54) is 0 Å². The molecule has 0 spiro atoms. The zero-order valence-corrected chi connectivity index (χ0v) is 14.9. The van der Waals surface area contributed by atoms with E-state index in [4.69, 9.17) is 13.9 Å². The number of pyridine rings is 1. The molecule has 3 aromatic heterocycles. The molecule has 0 saturated heterocycles. The molecule has 0 fully saturated rings. The van der Waals surface area contributed by atoms with Gasteiger partial charge < -0.3 is 18.3 Å². The Labute approximate surface area is 154 Å². The molecule has 0 amide bonds. The molecule has 27 heavy (non-hydrogen) atoms. The number of benzene rings is 1. The van der Waals surface area contributed by atoms with E-state index in [1.54, 1.807) is 61.0 Å². The van der Waals surface area contributed by atoms with Crippen LogP contribution in [-0.4, -0.2) is 30.4 Å². The molecule has 0 aliphatic heterocycles. The molecule has 6 heteroatoms. The van der Waals surface area contributed by atoms with E-state index in [2.05, 4.69) is 0 Å². The first-order valence-corrected chi connectivity index (χ1v) is 8.51. The van der Waals surface area contributed by atoms with Crippen LogP contribution < -0.4 is 4.74 Å². The van der Waals surface area contributed by atoms with Crippen LogP contribution in [-0.2, 0) is 4.74 Å². The summed E-state index contributed by atoms with van der Waals surface area (Å²) in [6, 6.07) is 12.6. The number of aldehydes is 1. The summed E-state index contributed by atoms with van der Waals surface area (Å²) in [5, 5.41) is 0.811. The Morgan fingerprint density at radius 3 is 2.81 bits per heavy atom. The number of aromatic nitrogens is 1. The highest BCUT2D eigenvalue weighted by Crippen LogP contribution is 2.37. The molecule has 0 atom stereocenters. The Bertz CT molecular complexity index is 1170. The molecule has 4 aromatic rings. The van der Waals surface area contributed by atoms with Crippen molar-refractivity contribution in [1.82, 2.24) is 4.40 Å². The fourth-order valence-electron chi connectivity index (χ4n) is 3.28. The number of carbonyl (C=O) groups is 2. The lowest BCUT2D eigenvalue weighted by atomic mass is 10.1. The van der Waals surface area contributed by atoms with E-state index in [0.29, 0.717) is 39.4 Å². The van der Waals surface area contributed by atoms with E-state index >= 15 is 0 Å². The average Bonchev–Trinajstić information content (AvgIpc) is 3.25. The van der Waals surface area contributed by atoms with Gasteiger partial charge in [-0.2, -0.15) is 0 Å². The van der Waals surface area contributed by atoms with Crippen LogP contribution in [0.15, 0.2) is 53.1 Å². The van der Waals surface area contributed by atoms with Crippen molar-refractivity contribution in [3.05, 3.63) is 59.9 Å². The van der Waals surface area contributed by atoms with Crippen molar-refractivity contribution in [1.29, 1.82) is 0 Å². The van der Waals surface area contributed by atoms with Crippen molar-refractivity contribution < 1.29 is 23.5 Å². The highest BCUT2D eigenvalue weighted by atomic mass is 16.5. The molecular weight excluding hydrogens is 346 g/mol. The van der Waals surface area contributed by atoms with Gasteiger partial charge >= 0.3 is 5.97 Å². The minimum Gasteiger partial charge on any atom is -0.497 e. The second-order valence-corrected chi connectivity index (χ2v) is 5.94. The van der Waals surface area contributed by atoms with Crippen LogP contribution in [0.1, 0.15) is 27.8 Å². The van der Waals surface area contributed by atoms with Crippen molar-refractivity contribution in [3.63, 3.8) is 0 Å². The summed E-state index contributed by atoms with van der Waals surface area (Å²) in [5.74, 6) is 0.618. The molecule has 6 nitrogen and oxygen atoms in total. The molecule has 0 saturated carbocycles. The van der Waals surface area contributed by atoms with E-state index in [-0.39, 0.29) is 6.61 Å².